The zero-order valence-corrected chi connectivity index (χ0v) is 10.4. The van der Waals surface area contributed by atoms with E-state index in [4.69, 9.17) is 10.00 Å². The molecule has 0 bridgehead atoms. The van der Waals surface area contributed by atoms with Crippen LogP contribution in [0.4, 0.5) is 13.2 Å². The standard InChI is InChI=1S/C14H9F3N2O/c1-20-13-3-2-10(8-19-13)11-4-9(7-18)5-12(6-11)14(15,16)17/h2-6,8H,1H3. The summed E-state index contributed by atoms with van der Waals surface area (Å²) in [6.07, 6.45) is -3.10. The van der Waals surface area contributed by atoms with Gasteiger partial charge < -0.3 is 4.74 Å². The highest BCUT2D eigenvalue weighted by molar-refractivity contribution is 5.66. The summed E-state index contributed by atoms with van der Waals surface area (Å²) in [4.78, 5) is 3.93. The van der Waals surface area contributed by atoms with Gasteiger partial charge in [0.2, 0.25) is 5.88 Å². The third-order valence-corrected chi connectivity index (χ3v) is 2.67. The minimum atomic E-state index is -4.50. The maximum absolute atomic E-state index is 12.8. The van der Waals surface area contributed by atoms with Gasteiger partial charge in [0.05, 0.1) is 24.3 Å². The lowest BCUT2D eigenvalue weighted by Crippen LogP contribution is -2.05. The second kappa shape index (κ2) is 5.21. The van der Waals surface area contributed by atoms with Crippen LogP contribution >= 0.6 is 0 Å². The fourth-order valence-corrected chi connectivity index (χ4v) is 1.69. The fourth-order valence-electron chi connectivity index (χ4n) is 1.69. The van der Waals surface area contributed by atoms with Gasteiger partial charge in [-0.1, -0.05) is 0 Å². The summed E-state index contributed by atoms with van der Waals surface area (Å²) in [5, 5.41) is 8.83. The highest BCUT2D eigenvalue weighted by Crippen LogP contribution is 2.33. The van der Waals surface area contributed by atoms with E-state index in [0.717, 1.165) is 12.1 Å². The van der Waals surface area contributed by atoms with Crippen LogP contribution in [-0.4, -0.2) is 12.1 Å². The van der Waals surface area contributed by atoms with Gasteiger partial charge in [-0.25, -0.2) is 4.98 Å². The Kier molecular flexibility index (Phi) is 3.61. The molecular weight excluding hydrogens is 269 g/mol. The smallest absolute Gasteiger partial charge is 0.416 e. The number of ether oxygens (including phenoxy) is 1. The first kappa shape index (κ1) is 13.9. The Labute approximate surface area is 113 Å². The quantitative estimate of drug-likeness (QED) is 0.842. The van der Waals surface area contributed by atoms with Crippen LogP contribution < -0.4 is 4.74 Å². The fraction of sp³-hybridized carbons (Fsp3) is 0.143. The first-order valence-electron chi connectivity index (χ1n) is 5.57. The number of rotatable bonds is 2. The number of pyridine rings is 1. The van der Waals surface area contributed by atoms with Crippen LogP contribution in [0.5, 0.6) is 5.88 Å². The molecule has 0 unspecified atom stereocenters. The van der Waals surface area contributed by atoms with Gasteiger partial charge in [-0.05, 0) is 29.8 Å². The van der Waals surface area contributed by atoms with Gasteiger partial charge in [0.25, 0.3) is 0 Å². The Bertz CT molecular complexity index is 658. The number of alkyl halides is 3. The van der Waals surface area contributed by atoms with Gasteiger partial charge in [-0.15, -0.1) is 0 Å². The van der Waals surface area contributed by atoms with Crippen molar-refractivity contribution in [1.29, 1.82) is 5.26 Å². The Morgan fingerprint density at radius 3 is 2.40 bits per heavy atom. The molecule has 3 nitrogen and oxygen atoms in total. The Morgan fingerprint density at radius 2 is 1.90 bits per heavy atom. The summed E-state index contributed by atoms with van der Waals surface area (Å²) in [5.74, 6) is 0.362. The van der Waals surface area contributed by atoms with E-state index >= 15 is 0 Å². The van der Waals surface area contributed by atoms with Crippen molar-refractivity contribution in [2.24, 2.45) is 0 Å². The van der Waals surface area contributed by atoms with Crippen LogP contribution in [-0.2, 0) is 6.18 Å². The van der Waals surface area contributed by atoms with Crippen LogP contribution in [0.1, 0.15) is 11.1 Å². The molecule has 0 aliphatic heterocycles. The van der Waals surface area contributed by atoms with Gasteiger partial charge in [-0.2, -0.15) is 18.4 Å². The van der Waals surface area contributed by atoms with Gasteiger partial charge in [0, 0.05) is 17.8 Å². The molecule has 2 rings (SSSR count). The first-order chi connectivity index (χ1) is 9.44. The molecule has 0 aliphatic carbocycles. The molecule has 2 aromatic rings. The number of benzene rings is 1. The lowest BCUT2D eigenvalue weighted by atomic mass is 10.0. The lowest BCUT2D eigenvalue weighted by molar-refractivity contribution is -0.137. The van der Waals surface area contributed by atoms with E-state index in [-0.39, 0.29) is 11.1 Å². The molecule has 6 heteroatoms. The number of aromatic nitrogens is 1. The van der Waals surface area contributed by atoms with Gasteiger partial charge in [-0.3, -0.25) is 0 Å². The van der Waals surface area contributed by atoms with Crippen LogP contribution in [0.15, 0.2) is 36.5 Å². The van der Waals surface area contributed by atoms with E-state index in [2.05, 4.69) is 4.98 Å². The summed E-state index contributed by atoms with van der Waals surface area (Å²) in [5.41, 5.74) is -0.145. The predicted molar refractivity (Wildman–Crippen MR) is 65.9 cm³/mol. The minimum Gasteiger partial charge on any atom is -0.481 e. The van der Waals surface area contributed by atoms with E-state index in [1.165, 1.54) is 19.4 Å². The zero-order chi connectivity index (χ0) is 14.8. The second-order valence-corrected chi connectivity index (χ2v) is 4.00. The van der Waals surface area contributed by atoms with Crippen LogP contribution in [0.25, 0.3) is 11.1 Å². The van der Waals surface area contributed by atoms with Crippen molar-refractivity contribution < 1.29 is 17.9 Å². The zero-order valence-electron chi connectivity index (χ0n) is 10.4. The Hall–Kier alpha value is -2.55. The van der Waals surface area contributed by atoms with Crippen molar-refractivity contribution in [2.45, 2.75) is 6.18 Å². The normalized spacial score (nSPS) is 10.9. The SMILES string of the molecule is COc1ccc(-c2cc(C#N)cc(C(F)(F)F)c2)cn1. The summed E-state index contributed by atoms with van der Waals surface area (Å²) < 4.78 is 43.2. The number of hydrogen-bond donors (Lipinski definition) is 0. The van der Waals surface area contributed by atoms with E-state index in [1.54, 1.807) is 18.2 Å². The average molecular weight is 278 g/mol. The van der Waals surface area contributed by atoms with E-state index < -0.39 is 11.7 Å². The second-order valence-electron chi connectivity index (χ2n) is 4.00. The average Bonchev–Trinajstić information content (AvgIpc) is 2.46. The van der Waals surface area contributed by atoms with Crippen LogP contribution in [0.3, 0.4) is 0 Å². The minimum absolute atomic E-state index is 0.0503. The molecule has 0 amide bonds. The van der Waals surface area contributed by atoms with Gasteiger partial charge in [0.1, 0.15) is 0 Å². The van der Waals surface area contributed by atoms with E-state index in [1.807, 2.05) is 0 Å². The number of hydrogen-bond acceptors (Lipinski definition) is 3. The third kappa shape index (κ3) is 2.88. The van der Waals surface area contributed by atoms with Crippen LogP contribution in [0, 0.1) is 11.3 Å². The molecule has 1 aromatic carbocycles. The molecule has 1 heterocycles. The highest BCUT2D eigenvalue weighted by atomic mass is 19.4. The largest absolute Gasteiger partial charge is 0.481 e. The van der Waals surface area contributed by atoms with Crippen molar-refractivity contribution in [3.63, 3.8) is 0 Å². The summed E-state index contributed by atoms with van der Waals surface area (Å²) in [7, 11) is 1.44. The third-order valence-electron chi connectivity index (χ3n) is 2.67. The molecule has 102 valence electrons. The summed E-state index contributed by atoms with van der Waals surface area (Å²) in [6.45, 7) is 0. The maximum Gasteiger partial charge on any atom is 0.416 e. The predicted octanol–water partition coefficient (Wildman–Crippen LogP) is 3.65. The number of halogens is 3. The molecule has 0 spiro atoms. The molecule has 20 heavy (non-hydrogen) atoms. The van der Waals surface area contributed by atoms with E-state index in [0.29, 0.717) is 11.4 Å². The van der Waals surface area contributed by atoms with Gasteiger partial charge in [0.15, 0.2) is 0 Å². The summed E-state index contributed by atoms with van der Waals surface area (Å²) in [6, 6.07) is 8.05. The topological polar surface area (TPSA) is 45.9 Å². The molecule has 0 saturated heterocycles. The molecule has 0 saturated carbocycles. The molecule has 1 aromatic heterocycles. The Balaban J connectivity index is 2.53. The molecular formula is C14H9F3N2O. The van der Waals surface area contributed by atoms with Crippen molar-refractivity contribution in [3.8, 4) is 23.1 Å². The number of nitriles is 1. The monoisotopic (exact) mass is 278 g/mol. The molecule has 0 fully saturated rings. The van der Waals surface area contributed by atoms with Crippen molar-refractivity contribution in [1.82, 2.24) is 4.98 Å². The first-order valence-corrected chi connectivity index (χ1v) is 5.57. The number of nitrogens with zero attached hydrogens (tertiary/aromatic N) is 2. The Morgan fingerprint density at radius 1 is 1.15 bits per heavy atom. The molecule has 0 atom stereocenters. The highest BCUT2D eigenvalue weighted by Gasteiger charge is 2.31. The number of methoxy groups -OCH3 is 1. The van der Waals surface area contributed by atoms with Crippen molar-refractivity contribution in [3.05, 3.63) is 47.7 Å². The molecule has 0 radical (unpaired) electrons. The van der Waals surface area contributed by atoms with Gasteiger partial charge >= 0.3 is 6.18 Å². The van der Waals surface area contributed by atoms with Crippen molar-refractivity contribution >= 4 is 0 Å². The lowest BCUT2D eigenvalue weighted by Gasteiger charge is -2.10. The van der Waals surface area contributed by atoms with E-state index in [9.17, 15) is 13.2 Å². The molecule has 0 aliphatic rings. The maximum atomic E-state index is 12.8. The molecule has 0 N–H and O–H groups in total. The van der Waals surface area contributed by atoms with Crippen LogP contribution in [0.2, 0.25) is 0 Å². The summed E-state index contributed by atoms with van der Waals surface area (Å²) >= 11 is 0. The van der Waals surface area contributed by atoms with Crippen molar-refractivity contribution in [2.75, 3.05) is 7.11 Å².